The SMILES string of the molecule is C=C(C)C(=O)OCC(COc1ccc2cc(-c3ccc(CCCCC)cc3OC(F)(F)F)sc2c1)CC(F)(F)F. The standard InChI is InChI=1S/C29H30F6O4S/c1-4-5-6-7-19-8-11-23(24(12-19)39-29(33,34)35)26-13-21-9-10-22(14-25(21)40-26)37-16-20(15-28(30,31)32)17-38-27(36)18(2)3/h8-14,20H,2,4-7,15-17H2,1,3H3. The van der Waals surface area contributed by atoms with Gasteiger partial charge in [-0.25, -0.2) is 4.79 Å². The van der Waals surface area contributed by atoms with Gasteiger partial charge in [0.2, 0.25) is 0 Å². The van der Waals surface area contributed by atoms with Crippen LogP contribution in [0, 0.1) is 5.92 Å². The van der Waals surface area contributed by atoms with Gasteiger partial charge in [-0.05, 0) is 67.1 Å². The second-order valence-electron chi connectivity index (χ2n) is 9.52. The highest BCUT2D eigenvalue weighted by Crippen LogP contribution is 2.41. The van der Waals surface area contributed by atoms with Gasteiger partial charge in [0.15, 0.2) is 0 Å². The molecule has 0 bridgehead atoms. The minimum atomic E-state index is -4.86. The number of alkyl halides is 6. The fraction of sp³-hybridized carbons (Fsp3) is 0.414. The number of carbonyl (C=O) groups is 1. The number of hydrogen-bond donors (Lipinski definition) is 0. The lowest BCUT2D eigenvalue weighted by Crippen LogP contribution is -2.26. The van der Waals surface area contributed by atoms with Crippen LogP contribution in [0.5, 0.6) is 11.5 Å². The van der Waals surface area contributed by atoms with Gasteiger partial charge in [-0.1, -0.05) is 32.4 Å². The van der Waals surface area contributed by atoms with E-state index in [1.807, 2.05) is 6.92 Å². The number of ether oxygens (including phenoxy) is 3. The Morgan fingerprint density at radius 2 is 1.75 bits per heavy atom. The van der Waals surface area contributed by atoms with Crippen LogP contribution in [0.1, 0.15) is 45.1 Å². The molecule has 0 saturated heterocycles. The van der Waals surface area contributed by atoms with Crippen LogP contribution in [0.4, 0.5) is 26.3 Å². The van der Waals surface area contributed by atoms with Crippen molar-refractivity contribution in [3.8, 4) is 21.9 Å². The van der Waals surface area contributed by atoms with Crippen molar-refractivity contribution in [2.24, 2.45) is 5.92 Å². The van der Waals surface area contributed by atoms with E-state index in [0.29, 0.717) is 16.0 Å². The van der Waals surface area contributed by atoms with Crippen molar-refractivity contribution < 1.29 is 45.3 Å². The van der Waals surface area contributed by atoms with Gasteiger partial charge in [-0.2, -0.15) is 13.2 Å². The van der Waals surface area contributed by atoms with Crippen LogP contribution in [0.2, 0.25) is 0 Å². The van der Waals surface area contributed by atoms with Crippen molar-refractivity contribution in [2.75, 3.05) is 13.2 Å². The summed E-state index contributed by atoms with van der Waals surface area (Å²) in [6, 6.07) is 11.4. The number of fused-ring (bicyclic) bond motifs is 1. The molecule has 0 aliphatic rings. The van der Waals surface area contributed by atoms with E-state index >= 15 is 0 Å². The zero-order valence-electron chi connectivity index (χ0n) is 22.1. The maximum Gasteiger partial charge on any atom is 0.573 e. The number of esters is 1. The Kier molecular flexibility index (Phi) is 10.5. The van der Waals surface area contributed by atoms with Crippen molar-refractivity contribution in [2.45, 2.75) is 58.5 Å². The molecule has 0 radical (unpaired) electrons. The fourth-order valence-corrected chi connectivity index (χ4v) is 5.09. The zero-order valence-corrected chi connectivity index (χ0v) is 22.9. The molecular formula is C29H30F6O4S. The van der Waals surface area contributed by atoms with Crippen molar-refractivity contribution >= 4 is 27.4 Å². The summed E-state index contributed by atoms with van der Waals surface area (Å²) < 4.78 is 94.2. The zero-order chi connectivity index (χ0) is 29.5. The second-order valence-corrected chi connectivity index (χ2v) is 10.6. The minimum absolute atomic E-state index is 0.0700. The summed E-state index contributed by atoms with van der Waals surface area (Å²) in [7, 11) is 0. The second kappa shape index (κ2) is 13.4. The first-order valence-electron chi connectivity index (χ1n) is 12.7. The molecule has 0 aliphatic carbocycles. The Hall–Kier alpha value is -3.21. The normalized spacial score (nSPS) is 12.8. The van der Waals surface area contributed by atoms with Crippen molar-refractivity contribution in [1.82, 2.24) is 0 Å². The summed E-state index contributed by atoms with van der Waals surface area (Å²) in [5, 5.41) is 0.722. The molecule has 4 nitrogen and oxygen atoms in total. The smallest absolute Gasteiger partial charge is 0.493 e. The highest BCUT2D eigenvalue weighted by Gasteiger charge is 2.34. The number of aryl methyl sites for hydroxylation is 1. The van der Waals surface area contributed by atoms with E-state index in [1.165, 1.54) is 24.3 Å². The van der Waals surface area contributed by atoms with E-state index in [1.54, 1.807) is 36.4 Å². The van der Waals surface area contributed by atoms with Gasteiger partial charge in [-0.15, -0.1) is 24.5 Å². The molecule has 3 rings (SSSR count). The number of unbranched alkanes of at least 4 members (excludes halogenated alkanes) is 2. The number of hydrogen-bond acceptors (Lipinski definition) is 5. The lowest BCUT2D eigenvalue weighted by Gasteiger charge is -2.19. The lowest BCUT2D eigenvalue weighted by molar-refractivity contribution is -0.274. The maximum atomic E-state index is 13.2. The lowest BCUT2D eigenvalue weighted by atomic mass is 10.0. The molecule has 1 heterocycles. The van der Waals surface area contributed by atoms with Crippen LogP contribution in [-0.4, -0.2) is 31.7 Å². The van der Waals surface area contributed by atoms with Gasteiger partial charge in [0, 0.05) is 26.6 Å². The van der Waals surface area contributed by atoms with E-state index in [2.05, 4.69) is 11.3 Å². The Morgan fingerprint density at radius 1 is 1.00 bits per heavy atom. The molecule has 0 saturated carbocycles. The molecule has 0 N–H and O–H groups in total. The van der Waals surface area contributed by atoms with Crippen molar-refractivity contribution in [3.63, 3.8) is 0 Å². The third kappa shape index (κ3) is 9.76. The van der Waals surface area contributed by atoms with Gasteiger partial charge < -0.3 is 14.2 Å². The summed E-state index contributed by atoms with van der Waals surface area (Å²) in [6.45, 7) is 5.98. The van der Waals surface area contributed by atoms with E-state index in [0.717, 1.165) is 30.2 Å². The molecule has 0 amide bonds. The number of benzene rings is 2. The summed E-state index contributed by atoms with van der Waals surface area (Å²) in [4.78, 5) is 12.2. The molecule has 3 aromatic rings. The number of thiophene rings is 1. The monoisotopic (exact) mass is 588 g/mol. The third-order valence-corrected chi connectivity index (χ3v) is 7.03. The largest absolute Gasteiger partial charge is 0.573 e. The fourth-order valence-electron chi connectivity index (χ4n) is 3.97. The van der Waals surface area contributed by atoms with E-state index in [-0.39, 0.29) is 29.2 Å². The minimum Gasteiger partial charge on any atom is -0.493 e. The molecule has 11 heteroatoms. The van der Waals surface area contributed by atoms with Crippen LogP contribution in [0.15, 0.2) is 54.6 Å². The van der Waals surface area contributed by atoms with Gasteiger partial charge in [0.05, 0.1) is 19.6 Å². The maximum absolute atomic E-state index is 13.2. The Morgan fingerprint density at radius 3 is 2.40 bits per heavy atom. The summed E-state index contributed by atoms with van der Waals surface area (Å²) in [6.07, 6.45) is -7.11. The first-order valence-corrected chi connectivity index (χ1v) is 13.5. The summed E-state index contributed by atoms with van der Waals surface area (Å²) >= 11 is 1.21. The highest BCUT2D eigenvalue weighted by atomic mass is 32.1. The van der Waals surface area contributed by atoms with E-state index in [4.69, 9.17) is 9.47 Å². The van der Waals surface area contributed by atoms with Crippen LogP contribution in [0.3, 0.4) is 0 Å². The predicted molar refractivity (Wildman–Crippen MR) is 143 cm³/mol. The van der Waals surface area contributed by atoms with Crippen LogP contribution >= 0.6 is 11.3 Å². The van der Waals surface area contributed by atoms with E-state index < -0.39 is 37.5 Å². The van der Waals surface area contributed by atoms with Gasteiger partial charge in [-0.3, -0.25) is 0 Å². The Balaban J connectivity index is 1.81. The van der Waals surface area contributed by atoms with Crippen molar-refractivity contribution in [3.05, 3.63) is 60.2 Å². The quantitative estimate of drug-likeness (QED) is 0.0864. The molecule has 1 aromatic heterocycles. The Labute approximate surface area is 232 Å². The van der Waals surface area contributed by atoms with Gasteiger partial charge in [0.1, 0.15) is 11.5 Å². The third-order valence-electron chi connectivity index (χ3n) is 5.90. The molecule has 0 aliphatic heterocycles. The molecule has 0 fully saturated rings. The number of halogens is 6. The van der Waals surface area contributed by atoms with Crippen LogP contribution in [-0.2, 0) is 16.0 Å². The molecule has 1 unspecified atom stereocenters. The predicted octanol–water partition coefficient (Wildman–Crippen LogP) is 9.27. The van der Waals surface area contributed by atoms with Crippen LogP contribution in [0.25, 0.3) is 20.5 Å². The van der Waals surface area contributed by atoms with Gasteiger partial charge in [0.25, 0.3) is 0 Å². The average Bonchev–Trinajstić information content (AvgIpc) is 3.27. The first-order chi connectivity index (χ1) is 18.7. The van der Waals surface area contributed by atoms with E-state index in [9.17, 15) is 31.1 Å². The molecule has 1 atom stereocenters. The molecular weight excluding hydrogens is 558 g/mol. The highest BCUT2D eigenvalue weighted by molar-refractivity contribution is 7.22. The van der Waals surface area contributed by atoms with Crippen LogP contribution < -0.4 is 9.47 Å². The van der Waals surface area contributed by atoms with Gasteiger partial charge >= 0.3 is 18.5 Å². The molecule has 2 aromatic carbocycles. The topological polar surface area (TPSA) is 44.8 Å². The molecule has 0 spiro atoms. The summed E-state index contributed by atoms with van der Waals surface area (Å²) in [5.41, 5.74) is 1.10. The summed E-state index contributed by atoms with van der Waals surface area (Å²) in [5.74, 6) is -1.94. The number of carbonyl (C=O) groups excluding carboxylic acids is 1. The van der Waals surface area contributed by atoms with Crippen molar-refractivity contribution in [1.29, 1.82) is 0 Å². The first kappa shape index (κ1) is 31.3. The average molecular weight is 589 g/mol. The molecule has 40 heavy (non-hydrogen) atoms. The number of rotatable bonds is 13. The molecule has 218 valence electrons. The Bertz CT molecular complexity index is 1310.